The Morgan fingerprint density at radius 2 is 1.90 bits per heavy atom. The minimum atomic E-state index is 0.494. The zero-order valence-corrected chi connectivity index (χ0v) is 13.4. The molecule has 3 nitrogen and oxygen atoms in total. The lowest BCUT2D eigenvalue weighted by molar-refractivity contribution is 0.104. The van der Waals surface area contributed by atoms with Gasteiger partial charge in [0.15, 0.2) is 0 Å². The fourth-order valence-electron chi connectivity index (χ4n) is 3.68. The fourth-order valence-corrected chi connectivity index (χ4v) is 3.68. The highest BCUT2D eigenvalue weighted by atomic mass is 15.3. The Morgan fingerprint density at radius 1 is 1.14 bits per heavy atom. The number of rotatable bonds is 5. The van der Waals surface area contributed by atoms with Crippen molar-refractivity contribution in [2.75, 3.05) is 44.2 Å². The van der Waals surface area contributed by atoms with Crippen LogP contribution in [0.4, 0.5) is 5.69 Å². The molecule has 0 unspecified atom stereocenters. The zero-order valence-electron chi connectivity index (χ0n) is 13.4. The standard InChI is InChI=1S/C18H29N3/c1-16-4-2-5-17(14-16)21-12-10-20(11-13-21)9-8-18(15-19)6-3-7-18/h2,4-5,14H,3,6-13,15,19H2,1H3. The minimum absolute atomic E-state index is 0.494. The average molecular weight is 287 g/mol. The monoisotopic (exact) mass is 287 g/mol. The van der Waals surface area contributed by atoms with Crippen molar-refractivity contribution in [3.8, 4) is 0 Å². The lowest BCUT2D eigenvalue weighted by Crippen LogP contribution is -2.48. The number of nitrogens with two attached hydrogens (primary N) is 1. The van der Waals surface area contributed by atoms with Crippen molar-refractivity contribution in [3.63, 3.8) is 0 Å². The molecule has 21 heavy (non-hydrogen) atoms. The predicted octanol–water partition coefficient (Wildman–Crippen LogP) is 2.64. The van der Waals surface area contributed by atoms with Gasteiger partial charge in [0.1, 0.15) is 0 Å². The Kier molecular flexibility index (Phi) is 4.51. The van der Waals surface area contributed by atoms with E-state index in [1.54, 1.807) is 0 Å². The Balaban J connectivity index is 1.47. The smallest absolute Gasteiger partial charge is 0.0369 e. The van der Waals surface area contributed by atoms with Crippen LogP contribution < -0.4 is 10.6 Å². The Morgan fingerprint density at radius 3 is 2.48 bits per heavy atom. The first-order valence-electron chi connectivity index (χ1n) is 8.45. The first-order valence-corrected chi connectivity index (χ1v) is 8.45. The van der Waals surface area contributed by atoms with Gasteiger partial charge in [0, 0.05) is 31.9 Å². The molecular formula is C18H29N3. The second kappa shape index (κ2) is 6.37. The number of aryl methyl sites for hydroxylation is 1. The van der Waals surface area contributed by atoms with Crippen LogP contribution in [0.3, 0.4) is 0 Å². The Hall–Kier alpha value is -1.06. The molecule has 1 heterocycles. The summed E-state index contributed by atoms with van der Waals surface area (Å²) in [6, 6.07) is 8.87. The van der Waals surface area contributed by atoms with Crippen LogP contribution in [0.1, 0.15) is 31.2 Å². The molecule has 1 aromatic rings. The molecule has 3 rings (SSSR count). The van der Waals surface area contributed by atoms with Gasteiger partial charge in [-0.1, -0.05) is 18.6 Å². The van der Waals surface area contributed by atoms with Crippen molar-refractivity contribution in [2.24, 2.45) is 11.1 Å². The highest BCUT2D eigenvalue weighted by Gasteiger charge is 2.35. The maximum Gasteiger partial charge on any atom is 0.0369 e. The molecule has 0 atom stereocenters. The fraction of sp³-hybridized carbons (Fsp3) is 0.667. The molecule has 1 aromatic carbocycles. The first kappa shape index (κ1) is 14.9. The van der Waals surface area contributed by atoms with Crippen LogP contribution >= 0.6 is 0 Å². The van der Waals surface area contributed by atoms with E-state index < -0.39 is 0 Å². The van der Waals surface area contributed by atoms with Crippen LogP contribution in [0, 0.1) is 12.3 Å². The van der Waals surface area contributed by atoms with Gasteiger partial charge in [-0.2, -0.15) is 0 Å². The predicted molar refractivity (Wildman–Crippen MR) is 89.8 cm³/mol. The van der Waals surface area contributed by atoms with E-state index in [1.165, 1.54) is 56.6 Å². The van der Waals surface area contributed by atoms with Crippen LogP contribution in [-0.2, 0) is 0 Å². The summed E-state index contributed by atoms with van der Waals surface area (Å²) < 4.78 is 0. The number of hydrogen-bond donors (Lipinski definition) is 1. The summed E-state index contributed by atoms with van der Waals surface area (Å²) in [5.41, 5.74) is 9.20. The minimum Gasteiger partial charge on any atom is -0.369 e. The van der Waals surface area contributed by atoms with Crippen LogP contribution in [0.25, 0.3) is 0 Å². The van der Waals surface area contributed by atoms with E-state index in [0.717, 1.165) is 19.6 Å². The van der Waals surface area contributed by atoms with E-state index in [0.29, 0.717) is 5.41 Å². The van der Waals surface area contributed by atoms with Gasteiger partial charge in [0.05, 0.1) is 0 Å². The van der Waals surface area contributed by atoms with E-state index in [4.69, 9.17) is 5.73 Å². The molecule has 2 fully saturated rings. The van der Waals surface area contributed by atoms with Crippen molar-refractivity contribution in [2.45, 2.75) is 32.6 Å². The van der Waals surface area contributed by atoms with E-state index in [1.807, 2.05) is 0 Å². The summed E-state index contributed by atoms with van der Waals surface area (Å²) in [6.07, 6.45) is 5.39. The van der Waals surface area contributed by atoms with Crippen molar-refractivity contribution >= 4 is 5.69 Å². The molecule has 1 saturated carbocycles. The maximum absolute atomic E-state index is 5.97. The molecule has 1 saturated heterocycles. The van der Waals surface area contributed by atoms with Gasteiger partial charge in [0.2, 0.25) is 0 Å². The van der Waals surface area contributed by atoms with Crippen LogP contribution in [-0.4, -0.2) is 44.2 Å². The van der Waals surface area contributed by atoms with Gasteiger partial charge in [0.25, 0.3) is 0 Å². The molecule has 2 aliphatic rings. The quantitative estimate of drug-likeness (QED) is 0.903. The molecule has 0 aromatic heterocycles. The molecule has 3 heteroatoms. The highest BCUT2D eigenvalue weighted by Crippen LogP contribution is 2.42. The third kappa shape index (κ3) is 3.41. The second-order valence-corrected chi connectivity index (χ2v) is 6.98. The Bertz CT molecular complexity index is 454. The molecule has 1 aliphatic heterocycles. The molecule has 0 bridgehead atoms. The largest absolute Gasteiger partial charge is 0.369 e. The average Bonchev–Trinajstić information content (AvgIpc) is 2.47. The third-order valence-electron chi connectivity index (χ3n) is 5.54. The van der Waals surface area contributed by atoms with E-state index in [-0.39, 0.29) is 0 Å². The van der Waals surface area contributed by atoms with Crippen molar-refractivity contribution in [1.82, 2.24) is 4.90 Å². The summed E-state index contributed by atoms with van der Waals surface area (Å²) in [6.45, 7) is 8.97. The van der Waals surface area contributed by atoms with E-state index in [2.05, 4.69) is 41.0 Å². The number of nitrogens with zero attached hydrogens (tertiary/aromatic N) is 2. The lowest BCUT2D eigenvalue weighted by atomic mass is 9.66. The van der Waals surface area contributed by atoms with Crippen LogP contribution in [0.5, 0.6) is 0 Å². The van der Waals surface area contributed by atoms with E-state index >= 15 is 0 Å². The third-order valence-corrected chi connectivity index (χ3v) is 5.54. The highest BCUT2D eigenvalue weighted by molar-refractivity contribution is 5.48. The summed E-state index contributed by atoms with van der Waals surface area (Å²) in [5, 5.41) is 0. The molecular weight excluding hydrogens is 258 g/mol. The van der Waals surface area contributed by atoms with Gasteiger partial charge < -0.3 is 10.6 Å². The van der Waals surface area contributed by atoms with Crippen molar-refractivity contribution in [3.05, 3.63) is 29.8 Å². The summed E-state index contributed by atoms with van der Waals surface area (Å²) in [4.78, 5) is 5.15. The van der Waals surface area contributed by atoms with Gasteiger partial charge in [-0.3, -0.25) is 4.90 Å². The molecule has 1 aliphatic carbocycles. The molecule has 116 valence electrons. The SMILES string of the molecule is Cc1cccc(N2CCN(CCC3(CN)CCC3)CC2)c1. The lowest BCUT2D eigenvalue weighted by Gasteiger charge is -2.43. The molecule has 0 spiro atoms. The molecule has 2 N–H and O–H groups in total. The van der Waals surface area contributed by atoms with Gasteiger partial charge in [-0.25, -0.2) is 0 Å². The van der Waals surface area contributed by atoms with Gasteiger partial charge in [-0.15, -0.1) is 0 Å². The summed E-state index contributed by atoms with van der Waals surface area (Å²) >= 11 is 0. The number of anilines is 1. The van der Waals surface area contributed by atoms with Crippen molar-refractivity contribution in [1.29, 1.82) is 0 Å². The number of piperazine rings is 1. The summed E-state index contributed by atoms with van der Waals surface area (Å²) in [5.74, 6) is 0. The second-order valence-electron chi connectivity index (χ2n) is 6.98. The normalized spacial score (nSPS) is 22.1. The van der Waals surface area contributed by atoms with Crippen LogP contribution in [0.15, 0.2) is 24.3 Å². The molecule has 0 amide bonds. The molecule has 0 radical (unpaired) electrons. The van der Waals surface area contributed by atoms with Crippen LogP contribution in [0.2, 0.25) is 0 Å². The Labute approximate surface area is 129 Å². The number of hydrogen-bond acceptors (Lipinski definition) is 3. The summed E-state index contributed by atoms with van der Waals surface area (Å²) in [7, 11) is 0. The zero-order chi connectivity index (χ0) is 14.7. The van der Waals surface area contributed by atoms with Crippen molar-refractivity contribution < 1.29 is 0 Å². The van der Waals surface area contributed by atoms with Gasteiger partial charge in [-0.05, 0) is 62.4 Å². The maximum atomic E-state index is 5.97. The van der Waals surface area contributed by atoms with Gasteiger partial charge >= 0.3 is 0 Å². The first-order chi connectivity index (χ1) is 10.2. The number of benzene rings is 1. The topological polar surface area (TPSA) is 32.5 Å². The van der Waals surface area contributed by atoms with E-state index in [9.17, 15) is 0 Å².